The molecule has 2 aliphatic carbocycles. The van der Waals surface area contributed by atoms with Crippen molar-refractivity contribution >= 4 is 21.6 Å². The van der Waals surface area contributed by atoms with Gasteiger partial charge in [-0.05, 0) is 61.3 Å². The van der Waals surface area contributed by atoms with E-state index in [0.717, 1.165) is 11.8 Å². The van der Waals surface area contributed by atoms with Crippen molar-refractivity contribution in [2.45, 2.75) is 37.0 Å². The van der Waals surface area contributed by atoms with Gasteiger partial charge in [-0.25, -0.2) is 13.6 Å². The van der Waals surface area contributed by atoms with Crippen molar-refractivity contribution < 1.29 is 13.2 Å². The van der Waals surface area contributed by atoms with Gasteiger partial charge in [0.05, 0.1) is 4.90 Å². The molecule has 21 heavy (non-hydrogen) atoms. The lowest BCUT2D eigenvalue weighted by Gasteiger charge is -2.20. The summed E-state index contributed by atoms with van der Waals surface area (Å²) in [4.78, 5) is 12.1. The molecule has 2 saturated carbocycles. The Balaban J connectivity index is 1.57. The molecule has 0 spiro atoms. The first-order chi connectivity index (χ1) is 9.91. The molecule has 2 fully saturated rings. The Kier molecular flexibility index (Phi) is 3.75. The molecule has 2 bridgehead atoms. The fraction of sp³-hybridized carbons (Fsp3) is 0.533. The van der Waals surface area contributed by atoms with Crippen molar-refractivity contribution in [3.8, 4) is 0 Å². The number of primary sulfonamides is 1. The number of carbonyl (C=O) groups excluding carboxylic acids is 1. The van der Waals surface area contributed by atoms with Gasteiger partial charge >= 0.3 is 0 Å². The first kappa shape index (κ1) is 14.5. The summed E-state index contributed by atoms with van der Waals surface area (Å²) >= 11 is 0. The first-order valence-electron chi connectivity index (χ1n) is 7.34. The molecule has 0 aliphatic heterocycles. The van der Waals surface area contributed by atoms with Crippen LogP contribution in [0.25, 0.3) is 0 Å². The Labute approximate surface area is 125 Å². The number of nitrogens with one attached hydrogen (secondary N) is 1. The zero-order valence-electron chi connectivity index (χ0n) is 11.8. The molecule has 0 heterocycles. The van der Waals surface area contributed by atoms with Crippen molar-refractivity contribution in [3.05, 3.63) is 24.3 Å². The second-order valence-electron chi connectivity index (χ2n) is 6.26. The number of anilines is 1. The monoisotopic (exact) mass is 308 g/mol. The van der Waals surface area contributed by atoms with Crippen LogP contribution >= 0.6 is 0 Å². The molecule has 5 nitrogen and oxygen atoms in total. The third kappa shape index (κ3) is 3.27. The lowest BCUT2D eigenvalue weighted by molar-refractivity contribution is -0.117. The Morgan fingerprint density at radius 3 is 2.43 bits per heavy atom. The quantitative estimate of drug-likeness (QED) is 0.892. The third-order valence-electron chi connectivity index (χ3n) is 4.80. The summed E-state index contributed by atoms with van der Waals surface area (Å²) in [5.41, 5.74) is 0.607. The molecule has 114 valence electrons. The normalized spacial score (nSPS) is 27.8. The molecule has 1 amide bonds. The van der Waals surface area contributed by atoms with Crippen LogP contribution in [0.3, 0.4) is 0 Å². The fourth-order valence-corrected chi connectivity index (χ4v) is 4.32. The van der Waals surface area contributed by atoms with Gasteiger partial charge in [0, 0.05) is 12.1 Å². The Hall–Kier alpha value is -1.40. The number of hydrogen-bond donors (Lipinski definition) is 2. The second kappa shape index (κ2) is 5.42. The highest BCUT2D eigenvalue weighted by atomic mass is 32.2. The molecule has 0 aromatic heterocycles. The van der Waals surface area contributed by atoms with E-state index in [-0.39, 0.29) is 10.8 Å². The third-order valence-corrected chi connectivity index (χ3v) is 5.73. The van der Waals surface area contributed by atoms with Gasteiger partial charge in [-0.15, -0.1) is 0 Å². The summed E-state index contributed by atoms with van der Waals surface area (Å²) in [5, 5.41) is 7.87. The fourth-order valence-electron chi connectivity index (χ4n) is 3.80. The van der Waals surface area contributed by atoms with E-state index in [9.17, 15) is 13.2 Å². The van der Waals surface area contributed by atoms with Crippen molar-refractivity contribution in [3.63, 3.8) is 0 Å². The summed E-state index contributed by atoms with van der Waals surface area (Å²) in [6.07, 6.45) is 5.64. The van der Waals surface area contributed by atoms with E-state index < -0.39 is 10.0 Å². The summed E-state index contributed by atoms with van der Waals surface area (Å²) in [6.45, 7) is 0. The van der Waals surface area contributed by atoms with Crippen molar-refractivity contribution in [2.24, 2.45) is 22.9 Å². The van der Waals surface area contributed by atoms with Crippen LogP contribution in [-0.4, -0.2) is 14.3 Å². The van der Waals surface area contributed by atoms with Gasteiger partial charge in [0.2, 0.25) is 15.9 Å². The predicted molar refractivity (Wildman–Crippen MR) is 80.0 cm³/mol. The molecule has 0 saturated heterocycles. The zero-order chi connectivity index (χ0) is 15.0. The molecule has 0 unspecified atom stereocenters. The number of hydrogen-bond acceptors (Lipinski definition) is 3. The highest BCUT2D eigenvalue weighted by Crippen LogP contribution is 2.49. The molecule has 1 aromatic carbocycles. The Bertz CT molecular complexity index is 639. The molecule has 6 heteroatoms. The zero-order valence-corrected chi connectivity index (χ0v) is 12.6. The number of rotatable bonds is 4. The van der Waals surface area contributed by atoms with Crippen molar-refractivity contribution in [2.75, 3.05) is 5.32 Å². The number of amides is 1. The van der Waals surface area contributed by atoms with Gasteiger partial charge in [0.15, 0.2) is 0 Å². The first-order valence-corrected chi connectivity index (χ1v) is 8.89. The number of benzene rings is 1. The molecule has 3 N–H and O–H groups in total. The lowest BCUT2D eigenvalue weighted by Crippen LogP contribution is -2.20. The molecular weight excluding hydrogens is 288 g/mol. The Morgan fingerprint density at radius 1 is 1.19 bits per heavy atom. The largest absolute Gasteiger partial charge is 0.326 e. The van der Waals surface area contributed by atoms with E-state index in [0.29, 0.717) is 18.0 Å². The van der Waals surface area contributed by atoms with Crippen LogP contribution in [0, 0.1) is 17.8 Å². The minimum Gasteiger partial charge on any atom is -0.326 e. The topological polar surface area (TPSA) is 89.3 Å². The van der Waals surface area contributed by atoms with Crippen LogP contribution in [0.15, 0.2) is 29.2 Å². The van der Waals surface area contributed by atoms with Crippen molar-refractivity contribution in [1.29, 1.82) is 0 Å². The molecule has 3 rings (SSSR count). The van der Waals surface area contributed by atoms with Gasteiger partial charge in [0.1, 0.15) is 0 Å². The molecule has 1 aromatic rings. The van der Waals surface area contributed by atoms with E-state index in [4.69, 9.17) is 5.14 Å². The molecule has 3 atom stereocenters. The smallest absolute Gasteiger partial charge is 0.238 e. The Morgan fingerprint density at radius 2 is 1.90 bits per heavy atom. The molecular formula is C15H20N2O3S. The summed E-state index contributed by atoms with van der Waals surface area (Å²) in [7, 11) is -3.69. The van der Waals surface area contributed by atoms with Crippen LogP contribution in [0.2, 0.25) is 0 Å². The van der Waals surface area contributed by atoms with E-state index in [1.807, 2.05) is 0 Å². The van der Waals surface area contributed by atoms with Gasteiger partial charge in [-0.3, -0.25) is 4.79 Å². The maximum absolute atomic E-state index is 12.1. The second-order valence-corrected chi connectivity index (χ2v) is 7.82. The summed E-state index contributed by atoms with van der Waals surface area (Å²) < 4.78 is 22.3. The van der Waals surface area contributed by atoms with E-state index in [1.54, 1.807) is 12.1 Å². The van der Waals surface area contributed by atoms with Crippen LogP contribution < -0.4 is 10.5 Å². The summed E-state index contributed by atoms with van der Waals surface area (Å²) in [6, 6.07) is 5.95. The van der Waals surface area contributed by atoms with Crippen LogP contribution in [0.4, 0.5) is 5.69 Å². The maximum Gasteiger partial charge on any atom is 0.238 e. The van der Waals surface area contributed by atoms with E-state index in [1.165, 1.54) is 37.8 Å². The highest BCUT2D eigenvalue weighted by molar-refractivity contribution is 7.89. The average molecular weight is 308 g/mol. The van der Waals surface area contributed by atoms with Gasteiger partial charge in [-0.1, -0.05) is 6.42 Å². The van der Waals surface area contributed by atoms with Crippen LogP contribution in [-0.2, 0) is 14.8 Å². The number of fused-ring (bicyclic) bond motifs is 2. The average Bonchev–Trinajstić information content (AvgIpc) is 3.00. The number of carbonyl (C=O) groups is 1. The van der Waals surface area contributed by atoms with Gasteiger partial charge < -0.3 is 5.32 Å². The van der Waals surface area contributed by atoms with Gasteiger partial charge in [-0.2, -0.15) is 0 Å². The standard InChI is InChI=1S/C15H20N2O3S/c16-21(19,20)14-5-3-13(4-6-14)17-15(18)9-12-8-10-1-2-11(12)7-10/h3-6,10-12H,1-2,7-9H2,(H,17,18)(H2,16,19,20)/t10-,11+,12+/m0/s1. The number of sulfonamides is 1. The van der Waals surface area contributed by atoms with Crippen LogP contribution in [0.5, 0.6) is 0 Å². The minimum absolute atomic E-state index is 0.0101. The van der Waals surface area contributed by atoms with E-state index in [2.05, 4.69) is 5.32 Å². The van der Waals surface area contributed by atoms with E-state index >= 15 is 0 Å². The molecule has 2 aliphatic rings. The highest BCUT2D eigenvalue weighted by Gasteiger charge is 2.40. The minimum atomic E-state index is -3.69. The summed E-state index contributed by atoms with van der Waals surface area (Å²) in [5.74, 6) is 2.09. The maximum atomic E-state index is 12.1. The number of nitrogens with two attached hydrogens (primary N) is 1. The van der Waals surface area contributed by atoms with Crippen LogP contribution in [0.1, 0.15) is 32.1 Å². The van der Waals surface area contributed by atoms with Crippen molar-refractivity contribution in [1.82, 2.24) is 0 Å². The van der Waals surface area contributed by atoms with Gasteiger partial charge in [0.25, 0.3) is 0 Å². The SMILES string of the molecule is NS(=O)(=O)c1ccc(NC(=O)C[C@H]2C[C@H]3CC[C@@H]2C3)cc1. The lowest BCUT2D eigenvalue weighted by atomic mass is 9.86. The predicted octanol–water partition coefficient (Wildman–Crippen LogP) is 2.10. The molecule has 0 radical (unpaired) electrons.